The lowest BCUT2D eigenvalue weighted by molar-refractivity contribution is 0.772. The predicted molar refractivity (Wildman–Crippen MR) is 43.6 cm³/mol. The minimum absolute atomic E-state index is 1.32. The van der Waals surface area contributed by atoms with E-state index in [1.165, 1.54) is 32.1 Å². The molecule has 0 amide bonds. The van der Waals surface area contributed by atoms with Gasteiger partial charge in [-0.2, -0.15) is 0 Å². The van der Waals surface area contributed by atoms with E-state index in [1.54, 1.807) is 0 Å². The van der Waals surface area contributed by atoms with Crippen LogP contribution in [0, 0.1) is 0 Å². The Morgan fingerprint density at radius 1 is 1.00 bits per heavy atom. The number of rotatable bonds is 2. The van der Waals surface area contributed by atoms with Gasteiger partial charge in [0.05, 0.1) is 0 Å². The maximum Gasteiger partial charge on any atom is -0.0316 e. The molecule has 0 spiro atoms. The first kappa shape index (κ1) is 8.74. The molecule has 0 saturated carbocycles. The van der Waals surface area contributed by atoms with Crippen molar-refractivity contribution in [3.05, 3.63) is 12.2 Å². The van der Waals surface area contributed by atoms with Gasteiger partial charge in [-0.1, -0.05) is 45.3 Å². The van der Waals surface area contributed by atoms with Gasteiger partial charge in [0.15, 0.2) is 0 Å². The first-order valence-corrected chi connectivity index (χ1v) is 4.06. The van der Waals surface area contributed by atoms with Crippen LogP contribution in [0.2, 0.25) is 0 Å². The highest BCUT2D eigenvalue weighted by atomic mass is 13.9. The van der Waals surface area contributed by atoms with E-state index in [-0.39, 0.29) is 0 Å². The minimum Gasteiger partial charge on any atom is -0.0882 e. The number of allylic oxidation sites excluding steroid dienone is 2. The highest BCUT2D eigenvalue weighted by Gasteiger charge is 1.81. The smallest absolute Gasteiger partial charge is 0.0316 e. The van der Waals surface area contributed by atoms with Gasteiger partial charge < -0.3 is 0 Å². The Kier molecular flexibility index (Phi) is 7.52. The maximum absolute atomic E-state index is 2.21. The van der Waals surface area contributed by atoms with Crippen LogP contribution in [0.15, 0.2) is 12.2 Å². The Hall–Kier alpha value is -0.260. The van der Waals surface area contributed by atoms with Crippen molar-refractivity contribution in [1.29, 1.82) is 0 Å². The van der Waals surface area contributed by atoms with Gasteiger partial charge in [0.1, 0.15) is 0 Å². The van der Waals surface area contributed by atoms with Gasteiger partial charge in [-0.15, -0.1) is 0 Å². The molecule has 1 aliphatic carbocycles. The molecule has 0 aromatic carbocycles. The van der Waals surface area contributed by atoms with Crippen molar-refractivity contribution in [2.45, 2.75) is 46.0 Å². The van der Waals surface area contributed by atoms with Crippen LogP contribution in [0.25, 0.3) is 0 Å². The second-order valence-corrected chi connectivity index (χ2v) is 2.40. The van der Waals surface area contributed by atoms with Gasteiger partial charge in [-0.3, -0.25) is 0 Å². The third-order valence-corrected chi connectivity index (χ3v) is 1.37. The van der Waals surface area contributed by atoms with Crippen LogP contribution < -0.4 is 0 Å². The molecule has 0 radical (unpaired) electrons. The number of hydrogen-bond acceptors (Lipinski definition) is 0. The monoisotopic (exact) mass is 126 g/mol. The molecule has 0 nitrogen and oxygen atoms in total. The number of hydrogen-bond donors (Lipinski definition) is 0. The molecule has 0 N–H and O–H groups in total. The highest BCUT2D eigenvalue weighted by molar-refractivity contribution is 4.92. The Labute approximate surface area is 59.0 Å². The van der Waals surface area contributed by atoms with Crippen LogP contribution in [0.3, 0.4) is 0 Å². The molecule has 9 heavy (non-hydrogen) atoms. The summed E-state index contributed by atoms with van der Waals surface area (Å²) in [7, 11) is 0. The summed E-state index contributed by atoms with van der Waals surface area (Å²) in [6, 6.07) is 0. The highest BCUT2D eigenvalue weighted by Crippen LogP contribution is 2.01. The molecule has 0 heteroatoms. The summed E-state index contributed by atoms with van der Waals surface area (Å²) < 4.78 is 0. The normalized spacial score (nSPS) is 13.6. The van der Waals surface area contributed by atoms with Crippen LogP contribution in [0.1, 0.15) is 46.0 Å². The molecule has 1 aliphatic rings. The van der Waals surface area contributed by atoms with E-state index in [0.29, 0.717) is 0 Å². The first-order valence-electron chi connectivity index (χ1n) is 4.06. The van der Waals surface area contributed by atoms with E-state index in [4.69, 9.17) is 0 Å². The Morgan fingerprint density at radius 2 is 1.33 bits per heavy atom. The fraction of sp³-hybridized carbons (Fsp3) is 0.778. The van der Waals surface area contributed by atoms with Crippen molar-refractivity contribution in [2.24, 2.45) is 0 Å². The van der Waals surface area contributed by atoms with E-state index in [1.807, 2.05) is 0 Å². The predicted octanol–water partition coefficient (Wildman–Crippen LogP) is 3.53. The summed E-state index contributed by atoms with van der Waals surface area (Å²) in [4.78, 5) is 0. The molecule has 0 bridgehead atoms. The summed E-state index contributed by atoms with van der Waals surface area (Å²) in [5.41, 5.74) is 0. The lowest BCUT2D eigenvalue weighted by Gasteiger charge is -1.92. The van der Waals surface area contributed by atoms with Crippen LogP contribution in [-0.2, 0) is 0 Å². The molecular weight excluding hydrogens is 108 g/mol. The van der Waals surface area contributed by atoms with Gasteiger partial charge in [-0.05, 0) is 12.8 Å². The van der Waals surface area contributed by atoms with Crippen LogP contribution >= 0.6 is 0 Å². The van der Waals surface area contributed by atoms with Crippen molar-refractivity contribution in [3.63, 3.8) is 0 Å². The van der Waals surface area contributed by atoms with E-state index >= 15 is 0 Å². The molecule has 0 heterocycles. The molecule has 0 saturated heterocycles. The van der Waals surface area contributed by atoms with Gasteiger partial charge in [-0.25, -0.2) is 0 Å². The van der Waals surface area contributed by atoms with E-state index in [0.717, 1.165) is 0 Å². The molecule has 0 unspecified atom stereocenters. The average molecular weight is 126 g/mol. The molecule has 0 aliphatic heterocycles. The molecule has 0 fully saturated rings. The van der Waals surface area contributed by atoms with Crippen LogP contribution in [0.4, 0.5) is 0 Å². The largest absolute Gasteiger partial charge is 0.0882 e. The van der Waals surface area contributed by atoms with Gasteiger partial charge in [0.25, 0.3) is 0 Å². The molecular formula is C9H18. The van der Waals surface area contributed by atoms with Crippen molar-refractivity contribution >= 4 is 0 Å². The lowest BCUT2D eigenvalue weighted by atomic mass is 10.1. The van der Waals surface area contributed by atoms with Crippen LogP contribution in [0.5, 0.6) is 0 Å². The van der Waals surface area contributed by atoms with E-state index in [9.17, 15) is 0 Å². The molecule has 0 aromatic heterocycles. The van der Waals surface area contributed by atoms with Gasteiger partial charge >= 0.3 is 0 Å². The quantitative estimate of drug-likeness (QED) is 0.496. The second-order valence-electron chi connectivity index (χ2n) is 2.40. The first-order chi connectivity index (χ1) is 4.41. The molecule has 1 rings (SSSR count). The summed E-state index contributed by atoms with van der Waals surface area (Å²) in [6.45, 7) is 4.42. The van der Waals surface area contributed by atoms with Crippen molar-refractivity contribution in [3.8, 4) is 0 Å². The topological polar surface area (TPSA) is 0 Å². The zero-order valence-corrected chi connectivity index (χ0v) is 6.69. The summed E-state index contributed by atoms with van der Waals surface area (Å²) >= 11 is 0. The van der Waals surface area contributed by atoms with Crippen molar-refractivity contribution < 1.29 is 0 Å². The van der Waals surface area contributed by atoms with Crippen molar-refractivity contribution in [1.82, 2.24) is 0 Å². The Morgan fingerprint density at radius 3 is 1.33 bits per heavy atom. The summed E-state index contributed by atoms with van der Waals surface area (Å²) in [6.07, 6.45) is 11.1. The summed E-state index contributed by atoms with van der Waals surface area (Å²) in [5.74, 6) is 0. The van der Waals surface area contributed by atoms with Crippen LogP contribution in [-0.4, -0.2) is 0 Å². The third kappa shape index (κ3) is 7.74. The summed E-state index contributed by atoms with van der Waals surface area (Å²) in [5, 5.41) is 0. The average Bonchev–Trinajstić information content (AvgIpc) is 1.63. The van der Waals surface area contributed by atoms with E-state index < -0.39 is 0 Å². The third-order valence-electron chi connectivity index (χ3n) is 1.37. The number of unbranched alkanes of at least 4 members (excludes halogenated alkanes) is 2. The molecule has 0 aromatic rings. The fourth-order valence-electron chi connectivity index (χ4n) is 0.520. The zero-order valence-electron chi connectivity index (χ0n) is 6.69. The minimum atomic E-state index is 1.32. The zero-order chi connectivity index (χ0) is 6.95. The van der Waals surface area contributed by atoms with Crippen molar-refractivity contribution in [2.75, 3.05) is 0 Å². The molecule has 54 valence electrons. The fourth-order valence-corrected chi connectivity index (χ4v) is 0.520. The molecule has 0 atom stereocenters. The SMILES string of the molecule is C1=CCC1.CCCCC. The lowest BCUT2D eigenvalue weighted by Crippen LogP contribution is -1.71. The Balaban J connectivity index is 0.000000144. The standard InChI is InChI=1S/C5H12.C4H6/c1-3-5-4-2;1-2-4-3-1/h3-5H2,1-2H3;1-2H,3-4H2. The maximum atomic E-state index is 2.21. The van der Waals surface area contributed by atoms with E-state index in [2.05, 4.69) is 26.0 Å². The van der Waals surface area contributed by atoms with Gasteiger partial charge in [0, 0.05) is 0 Å². The second kappa shape index (κ2) is 7.74. The Bertz CT molecular complexity index is 54.4. The van der Waals surface area contributed by atoms with Gasteiger partial charge in [0.2, 0.25) is 0 Å².